The minimum Gasteiger partial charge on any atom is -0.495 e. The lowest BCUT2D eigenvalue weighted by molar-refractivity contribution is 0.175. The minimum absolute atomic E-state index is 0.0649. The van der Waals surface area contributed by atoms with Gasteiger partial charge in [-0.3, -0.25) is 4.90 Å². The van der Waals surface area contributed by atoms with Gasteiger partial charge >= 0.3 is 0 Å². The van der Waals surface area contributed by atoms with Crippen LogP contribution in [0, 0.1) is 0 Å². The van der Waals surface area contributed by atoms with Gasteiger partial charge in [-0.05, 0) is 54.2 Å². The fourth-order valence-corrected chi connectivity index (χ4v) is 4.31. The topological polar surface area (TPSA) is 72.6 Å². The molecule has 1 atom stereocenters. The Morgan fingerprint density at radius 1 is 1.19 bits per heavy atom. The van der Waals surface area contributed by atoms with E-state index in [0.29, 0.717) is 11.8 Å². The molecule has 0 aromatic heterocycles. The molecule has 1 unspecified atom stereocenters. The summed E-state index contributed by atoms with van der Waals surface area (Å²) < 4.78 is 28.9. The van der Waals surface area contributed by atoms with Gasteiger partial charge in [0.05, 0.1) is 7.11 Å². The van der Waals surface area contributed by atoms with Crippen molar-refractivity contribution in [1.29, 1.82) is 0 Å². The second-order valence-electron chi connectivity index (χ2n) is 6.95. The van der Waals surface area contributed by atoms with Crippen LogP contribution < -0.4 is 9.88 Å². The molecular weight excluding hydrogens is 348 g/mol. The molecule has 5 nitrogen and oxygen atoms in total. The van der Waals surface area contributed by atoms with E-state index in [0.717, 1.165) is 37.1 Å². The van der Waals surface area contributed by atoms with E-state index in [1.54, 1.807) is 6.07 Å². The number of hydrogen-bond donors (Lipinski definition) is 1. The van der Waals surface area contributed by atoms with Gasteiger partial charge in [-0.1, -0.05) is 31.2 Å². The average Bonchev–Trinajstić information content (AvgIpc) is 2.60. The van der Waals surface area contributed by atoms with Gasteiger partial charge in [0.15, 0.2) is 0 Å². The summed E-state index contributed by atoms with van der Waals surface area (Å²) in [4.78, 5) is 2.47. The van der Waals surface area contributed by atoms with Crippen molar-refractivity contribution in [3.8, 4) is 5.75 Å². The molecule has 0 bridgehead atoms. The highest BCUT2D eigenvalue weighted by molar-refractivity contribution is 7.89. The number of benzene rings is 2. The number of nitrogens with zero attached hydrogens (tertiary/aromatic N) is 1. The number of nitrogens with two attached hydrogens (primary N) is 1. The van der Waals surface area contributed by atoms with Crippen LogP contribution in [0.1, 0.15) is 36.1 Å². The molecule has 0 aliphatic carbocycles. The van der Waals surface area contributed by atoms with Gasteiger partial charge in [0.2, 0.25) is 10.0 Å². The maximum atomic E-state index is 11.8. The highest BCUT2D eigenvalue weighted by Gasteiger charge is 2.26. The number of rotatable bonds is 5. The van der Waals surface area contributed by atoms with E-state index < -0.39 is 10.0 Å². The standard InChI is InChI=1S/C20H26N2O3S/c1-4-15-6-5-7-16(9-15)12-22-13-18-10-19(25-3)20(26(21,23)24)11-17(18)8-14(22)2/h5-7,9-11,14H,4,8,12-13H2,1-3H3,(H2,21,23,24). The van der Waals surface area contributed by atoms with Gasteiger partial charge in [-0.2, -0.15) is 0 Å². The molecular formula is C20H26N2O3S. The Morgan fingerprint density at radius 3 is 2.58 bits per heavy atom. The number of methoxy groups -OCH3 is 1. The van der Waals surface area contributed by atoms with Crippen LogP contribution in [-0.4, -0.2) is 26.5 Å². The molecule has 6 heteroatoms. The summed E-state index contributed by atoms with van der Waals surface area (Å²) in [5, 5.41) is 5.34. The van der Waals surface area contributed by atoms with E-state index >= 15 is 0 Å². The zero-order valence-corrected chi connectivity index (χ0v) is 16.3. The van der Waals surface area contributed by atoms with Crippen molar-refractivity contribution < 1.29 is 13.2 Å². The van der Waals surface area contributed by atoms with Crippen molar-refractivity contribution >= 4 is 10.0 Å². The first kappa shape index (κ1) is 18.9. The Bertz CT molecular complexity index is 909. The summed E-state index contributed by atoms with van der Waals surface area (Å²) in [6.07, 6.45) is 1.81. The Morgan fingerprint density at radius 2 is 1.92 bits per heavy atom. The van der Waals surface area contributed by atoms with E-state index in [9.17, 15) is 8.42 Å². The van der Waals surface area contributed by atoms with Crippen molar-refractivity contribution in [2.24, 2.45) is 5.14 Å². The molecule has 0 spiro atoms. The number of primary sulfonamides is 1. The average molecular weight is 375 g/mol. The van der Waals surface area contributed by atoms with Gasteiger partial charge in [-0.25, -0.2) is 13.6 Å². The molecule has 0 amide bonds. The lowest BCUT2D eigenvalue weighted by atomic mass is 9.94. The fourth-order valence-electron chi connectivity index (χ4n) is 3.58. The first-order valence-electron chi connectivity index (χ1n) is 8.86. The molecule has 26 heavy (non-hydrogen) atoms. The first-order valence-corrected chi connectivity index (χ1v) is 10.4. The largest absolute Gasteiger partial charge is 0.495 e. The van der Waals surface area contributed by atoms with Crippen molar-refractivity contribution in [3.63, 3.8) is 0 Å². The number of sulfonamides is 1. The van der Waals surface area contributed by atoms with E-state index in [2.05, 4.69) is 43.0 Å². The number of hydrogen-bond acceptors (Lipinski definition) is 4. The van der Waals surface area contributed by atoms with Crippen molar-refractivity contribution in [2.75, 3.05) is 7.11 Å². The zero-order chi connectivity index (χ0) is 18.9. The van der Waals surface area contributed by atoms with E-state index in [1.807, 2.05) is 6.07 Å². The second-order valence-corrected chi connectivity index (χ2v) is 8.48. The molecule has 0 radical (unpaired) electrons. The smallest absolute Gasteiger partial charge is 0.241 e. The predicted molar refractivity (Wildman–Crippen MR) is 103 cm³/mol. The molecule has 140 valence electrons. The molecule has 0 fully saturated rings. The monoisotopic (exact) mass is 374 g/mol. The van der Waals surface area contributed by atoms with Crippen LogP contribution in [0.5, 0.6) is 5.75 Å². The van der Waals surface area contributed by atoms with Crippen LogP contribution in [0.2, 0.25) is 0 Å². The number of aryl methyl sites for hydroxylation is 1. The maximum absolute atomic E-state index is 11.8. The van der Waals surface area contributed by atoms with E-state index in [1.165, 1.54) is 18.2 Å². The highest BCUT2D eigenvalue weighted by Crippen LogP contribution is 2.32. The first-order chi connectivity index (χ1) is 12.3. The van der Waals surface area contributed by atoms with Gasteiger partial charge in [-0.15, -0.1) is 0 Å². The van der Waals surface area contributed by atoms with Crippen molar-refractivity contribution in [1.82, 2.24) is 4.90 Å². The van der Waals surface area contributed by atoms with Crippen LogP contribution in [0.3, 0.4) is 0 Å². The fraction of sp³-hybridized carbons (Fsp3) is 0.400. The van der Waals surface area contributed by atoms with Crippen LogP contribution in [0.15, 0.2) is 41.3 Å². The maximum Gasteiger partial charge on any atom is 0.241 e. The van der Waals surface area contributed by atoms with Crippen LogP contribution >= 0.6 is 0 Å². The third-order valence-electron chi connectivity index (χ3n) is 5.09. The normalized spacial score (nSPS) is 17.8. The Balaban J connectivity index is 1.89. The summed E-state index contributed by atoms with van der Waals surface area (Å²) in [7, 11) is -2.34. The summed E-state index contributed by atoms with van der Waals surface area (Å²) in [5.74, 6) is 0.314. The number of ether oxygens (including phenoxy) is 1. The summed E-state index contributed by atoms with van der Waals surface area (Å²) in [6, 6.07) is 12.5. The number of fused-ring (bicyclic) bond motifs is 1. The molecule has 2 aromatic carbocycles. The predicted octanol–water partition coefficient (Wildman–Crippen LogP) is 2.85. The SMILES string of the molecule is CCc1cccc(CN2Cc3cc(OC)c(S(N)(=O)=O)cc3CC2C)c1. The lowest BCUT2D eigenvalue weighted by Crippen LogP contribution is -2.38. The molecule has 0 saturated carbocycles. The third kappa shape index (κ3) is 3.92. The second kappa shape index (κ2) is 7.39. The lowest BCUT2D eigenvalue weighted by Gasteiger charge is -2.35. The van der Waals surface area contributed by atoms with E-state index in [4.69, 9.17) is 9.88 Å². The summed E-state index contributed by atoms with van der Waals surface area (Å²) >= 11 is 0. The van der Waals surface area contributed by atoms with Gasteiger partial charge in [0.25, 0.3) is 0 Å². The molecule has 1 aliphatic rings. The Hall–Kier alpha value is -1.89. The van der Waals surface area contributed by atoms with E-state index in [-0.39, 0.29) is 4.90 Å². The third-order valence-corrected chi connectivity index (χ3v) is 6.02. The van der Waals surface area contributed by atoms with Gasteiger partial charge in [0.1, 0.15) is 10.6 Å². The molecule has 2 aromatic rings. The molecule has 0 saturated heterocycles. The van der Waals surface area contributed by atoms with Gasteiger partial charge in [0, 0.05) is 19.1 Å². The molecule has 1 heterocycles. The highest BCUT2D eigenvalue weighted by atomic mass is 32.2. The van der Waals surface area contributed by atoms with Crippen LogP contribution in [0.25, 0.3) is 0 Å². The summed E-state index contributed by atoms with van der Waals surface area (Å²) in [6.45, 7) is 5.96. The molecule has 1 aliphatic heterocycles. The zero-order valence-electron chi connectivity index (χ0n) is 15.5. The molecule has 3 rings (SSSR count). The van der Waals surface area contributed by atoms with Gasteiger partial charge < -0.3 is 4.74 Å². The summed E-state index contributed by atoms with van der Waals surface area (Å²) in [5.41, 5.74) is 4.76. The van der Waals surface area contributed by atoms with Crippen molar-refractivity contribution in [3.05, 3.63) is 58.7 Å². The minimum atomic E-state index is -3.80. The Labute approximate surface area is 155 Å². The van der Waals surface area contributed by atoms with Crippen LogP contribution in [0.4, 0.5) is 0 Å². The van der Waals surface area contributed by atoms with Crippen LogP contribution in [-0.2, 0) is 36.0 Å². The van der Waals surface area contributed by atoms with Crippen molar-refractivity contribution in [2.45, 2.75) is 50.7 Å². The molecule has 2 N–H and O–H groups in total. The Kier molecular flexibility index (Phi) is 5.37. The quantitative estimate of drug-likeness (QED) is 0.873.